The summed E-state index contributed by atoms with van der Waals surface area (Å²) in [5.74, 6) is 0.186. The largest absolute Gasteiger partial charge is 0.344 e. The second-order valence-electron chi connectivity index (χ2n) is 5.03. The van der Waals surface area contributed by atoms with Crippen LogP contribution in [0.3, 0.4) is 0 Å². The van der Waals surface area contributed by atoms with Gasteiger partial charge in [-0.05, 0) is 11.6 Å². The summed E-state index contributed by atoms with van der Waals surface area (Å²) in [6.07, 6.45) is 4.05. The van der Waals surface area contributed by atoms with Crippen LogP contribution in [0.4, 0.5) is 4.39 Å². The zero-order valence-corrected chi connectivity index (χ0v) is 13.0. The van der Waals surface area contributed by atoms with Crippen molar-refractivity contribution in [3.8, 4) is 11.1 Å². The Morgan fingerprint density at radius 3 is 2.83 bits per heavy atom. The standard InChI is InChI=1S/C15H11FN6OS/c16-11-5-8(9-6-18-15(23)19-7-9)1-2-10(11)12-20-13(22-21-12)14-17-3-4-24-14/h1-7,12,21H,(H,20,22)(H,18,19,23). The monoisotopic (exact) mass is 342 g/mol. The Morgan fingerprint density at radius 2 is 2.12 bits per heavy atom. The van der Waals surface area contributed by atoms with E-state index in [1.54, 1.807) is 18.3 Å². The number of aromatic nitrogens is 3. The summed E-state index contributed by atoms with van der Waals surface area (Å²) in [6.45, 7) is 0. The van der Waals surface area contributed by atoms with Crippen LogP contribution in [0.5, 0.6) is 0 Å². The first-order chi connectivity index (χ1) is 11.7. The molecule has 120 valence electrons. The highest BCUT2D eigenvalue weighted by molar-refractivity contribution is 7.11. The Hall–Kier alpha value is -2.91. The van der Waals surface area contributed by atoms with Gasteiger partial charge in [-0.2, -0.15) is 0 Å². The van der Waals surface area contributed by atoms with Crippen LogP contribution in [0.1, 0.15) is 16.7 Å². The zero-order chi connectivity index (χ0) is 16.5. The summed E-state index contributed by atoms with van der Waals surface area (Å²) in [7, 11) is 0. The van der Waals surface area contributed by atoms with E-state index in [1.165, 1.54) is 29.8 Å². The van der Waals surface area contributed by atoms with Gasteiger partial charge in [-0.3, -0.25) is 0 Å². The fourth-order valence-electron chi connectivity index (χ4n) is 2.36. The summed E-state index contributed by atoms with van der Waals surface area (Å²) in [4.78, 5) is 25.7. The SMILES string of the molecule is O=c1ncc(-c2ccc(C3N=C(c4nccs4)NN3)c(F)c2)c[nH]1. The van der Waals surface area contributed by atoms with Crippen LogP contribution in [-0.2, 0) is 0 Å². The number of hydrogen-bond acceptors (Lipinski definition) is 7. The van der Waals surface area contributed by atoms with E-state index in [1.807, 2.05) is 5.38 Å². The first-order valence-corrected chi connectivity index (χ1v) is 7.92. The van der Waals surface area contributed by atoms with Gasteiger partial charge in [0.25, 0.3) is 0 Å². The molecule has 3 heterocycles. The number of aliphatic imine (C=N–C) groups is 1. The number of amidine groups is 1. The Morgan fingerprint density at radius 1 is 1.21 bits per heavy atom. The molecule has 0 saturated heterocycles. The molecule has 7 nitrogen and oxygen atoms in total. The molecular formula is C15H11FN6OS. The minimum Gasteiger partial charge on any atom is -0.312 e. The summed E-state index contributed by atoms with van der Waals surface area (Å²) in [6, 6.07) is 4.80. The molecular weight excluding hydrogens is 331 g/mol. The molecule has 3 aromatic rings. The fourth-order valence-corrected chi connectivity index (χ4v) is 2.94. The quantitative estimate of drug-likeness (QED) is 0.672. The number of halogens is 1. The van der Waals surface area contributed by atoms with E-state index in [0.29, 0.717) is 22.5 Å². The molecule has 9 heteroatoms. The second kappa shape index (κ2) is 5.95. The molecule has 0 spiro atoms. The van der Waals surface area contributed by atoms with Crippen LogP contribution >= 0.6 is 11.3 Å². The van der Waals surface area contributed by atoms with E-state index in [9.17, 15) is 9.18 Å². The Balaban J connectivity index is 1.63. The summed E-state index contributed by atoms with van der Waals surface area (Å²) in [5.41, 5.74) is 7.07. The molecule has 2 aromatic heterocycles. The predicted octanol–water partition coefficient (Wildman–Crippen LogP) is 1.59. The van der Waals surface area contributed by atoms with Crippen LogP contribution in [0.2, 0.25) is 0 Å². The number of nitrogens with zero attached hydrogens (tertiary/aromatic N) is 3. The van der Waals surface area contributed by atoms with Crippen molar-refractivity contribution in [2.75, 3.05) is 0 Å². The van der Waals surface area contributed by atoms with E-state index in [-0.39, 0.29) is 0 Å². The van der Waals surface area contributed by atoms with E-state index in [4.69, 9.17) is 0 Å². The highest BCUT2D eigenvalue weighted by Gasteiger charge is 2.23. The average molecular weight is 342 g/mol. The topological polar surface area (TPSA) is 95.1 Å². The Bertz CT molecular complexity index is 948. The maximum absolute atomic E-state index is 14.5. The van der Waals surface area contributed by atoms with Crippen molar-refractivity contribution in [1.29, 1.82) is 0 Å². The highest BCUT2D eigenvalue weighted by Crippen LogP contribution is 2.26. The molecule has 1 unspecified atom stereocenters. The lowest BCUT2D eigenvalue weighted by Gasteiger charge is -2.10. The number of thiazole rings is 1. The van der Waals surface area contributed by atoms with Crippen molar-refractivity contribution < 1.29 is 4.39 Å². The van der Waals surface area contributed by atoms with Gasteiger partial charge in [0.05, 0.1) is 0 Å². The van der Waals surface area contributed by atoms with Crippen molar-refractivity contribution in [3.63, 3.8) is 0 Å². The number of hydrogen-bond donors (Lipinski definition) is 3. The van der Waals surface area contributed by atoms with Gasteiger partial charge in [-0.1, -0.05) is 12.1 Å². The van der Waals surface area contributed by atoms with Crippen molar-refractivity contribution in [2.24, 2.45) is 4.99 Å². The van der Waals surface area contributed by atoms with Gasteiger partial charge in [-0.25, -0.2) is 29.6 Å². The van der Waals surface area contributed by atoms with Gasteiger partial charge in [0.2, 0.25) is 0 Å². The van der Waals surface area contributed by atoms with Gasteiger partial charge < -0.3 is 10.4 Å². The normalized spacial score (nSPS) is 16.7. The number of H-pyrrole nitrogens is 1. The van der Waals surface area contributed by atoms with Crippen molar-refractivity contribution in [1.82, 2.24) is 25.8 Å². The van der Waals surface area contributed by atoms with Crippen molar-refractivity contribution in [3.05, 3.63) is 69.0 Å². The van der Waals surface area contributed by atoms with Gasteiger partial charge in [0, 0.05) is 35.1 Å². The van der Waals surface area contributed by atoms with Crippen molar-refractivity contribution in [2.45, 2.75) is 6.17 Å². The van der Waals surface area contributed by atoms with E-state index in [2.05, 4.69) is 30.8 Å². The molecule has 4 rings (SSSR count). The van der Waals surface area contributed by atoms with Crippen LogP contribution in [0, 0.1) is 5.82 Å². The number of nitrogens with one attached hydrogen (secondary N) is 3. The number of aromatic amines is 1. The molecule has 0 aliphatic carbocycles. The highest BCUT2D eigenvalue weighted by atomic mass is 32.1. The maximum Gasteiger partial charge on any atom is 0.344 e. The van der Waals surface area contributed by atoms with E-state index >= 15 is 0 Å². The van der Waals surface area contributed by atoms with Crippen LogP contribution in [0.15, 0.2) is 52.0 Å². The third-order valence-corrected chi connectivity index (χ3v) is 4.30. The smallest absolute Gasteiger partial charge is 0.312 e. The average Bonchev–Trinajstić information content (AvgIpc) is 3.27. The molecule has 0 radical (unpaired) electrons. The summed E-state index contributed by atoms with van der Waals surface area (Å²) >= 11 is 1.45. The van der Waals surface area contributed by atoms with Gasteiger partial charge in [0.1, 0.15) is 12.0 Å². The first kappa shape index (κ1) is 14.7. The summed E-state index contributed by atoms with van der Waals surface area (Å²) < 4.78 is 14.5. The summed E-state index contributed by atoms with van der Waals surface area (Å²) in [5, 5.41) is 2.59. The predicted molar refractivity (Wildman–Crippen MR) is 87.9 cm³/mol. The van der Waals surface area contributed by atoms with E-state index < -0.39 is 17.7 Å². The van der Waals surface area contributed by atoms with Gasteiger partial charge in [-0.15, -0.1) is 11.3 Å². The lowest BCUT2D eigenvalue weighted by molar-refractivity contribution is 0.528. The fraction of sp³-hybridized carbons (Fsp3) is 0.0667. The van der Waals surface area contributed by atoms with Crippen LogP contribution in [-0.4, -0.2) is 20.8 Å². The third-order valence-electron chi connectivity index (χ3n) is 3.52. The molecule has 3 N–H and O–H groups in total. The molecule has 0 bridgehead atoms. The van der Waals surface area contributed by atoms with Crippen LogP contribution < -0.4 is 16.5 Å². The molecule has 0 amide bonds. The van der Waals surface area contributed by atoms with Crippen molar-refractivity contribution >= 4 is 17.2 Å². The lowest BCUT2D eigenvalue weighted by Crippen LogP contribution is -2.32. The molecule has 1 aliphatic rings. The second-order valence-corrected chi connectivity index (χ2v) is 5.93. The molecule has 24 heavy (non-hydrogen) atoms. The molecule has 0 saturated carbocycles. The maximum atomic E-state index is 14.5. The minimum atomic E-state index is -0.536. The van der Waals surface area contributed by atoms with E-state index in [0.717, 1.165) is 5.01 Å². The number of benzene rings is 1. The molecule has 0 fully saturated rings. The Labute approximate surface area is 139 Å². The molecule has 1 atom stereocenters. The third kappa shape index (κ3) is 2.70. The lowest BCUT2D eigenvalue weighted by atomic mass is 10.0. The first-order valence-electron chi connectivity index (χ1n) is 7.04. The number of rotatable bonds is 3. The minimum absolute atomic E-state index is 0.401. The Kier molecular flexibility index (Phi) is 3.63. The number of hydrazine groups is 1. The molecule has 1 aromatic carbocycles. The van der Waals surface area contributed by atoms with Gasteiger partial charge >= 0.3 is 5.69 Å². The van der Waals surface area contributed by atoms with Gasteiger partial charge in [0.15, 0.2) is 10.8 Å². The zero-order valence-electron chi connectivity index (χ0n) is 12.2. The van der Waals surface area contributed by atoms with Crippen LogP contribution in [0.25, 0.3) is 11.1 Å². The molecule has 1 aliphatic heterocycles.